The van der Waals surface area contributed by atoms with Crippen molar-refractivity contribution in [3.8, 4) is 11.3 Å². The molecule has 156 valence electrons. The van der Waals surface area contributed by atoms with E-state index in [0.717, 1.165) is 11.1 Å². The van der Waals surface area contributed by atoms with Crippen LogP contribution in [0, 0.1) is 0 Å². The molecule has 3 amide bonds. The van der Waals surface area contributed by atoms with Gasteiger partial charge in [-0.05, 0) is 35.9 Å². The fraction of sp³-hybridized carbons (Fsp3) is 0.273. The highest BCUT2D eigenvalue weighted by molar-refractivity contribution is 6.29. The van der Waals surface area contributed by atoms with E-state index in [2.05, 4.69) is 16.9 Å². The lowest BCUT2D eigenvalue weighted by molar-refractivity contribution is -0.139. The molecule has 30 heavy (non-hydrogen) atoms. The summed E-state index contributed by atoms with van der Waals surface area (Å²) in [7, 11) is 1.57. The van der Waals surface area contributed by atoms with E-state index in [1.807, 2.05) is 12.1 Å². The van der Waals surface area contributed by atoms with Crippen molar-refractivity contribution in [1.82, 2.24) is 20.1 Å². The lowest BCUT2D eigenvalue weighted by Crippen LogP contribution is -2.51. The normalized spacial score (nSPS) is 16.2. The Balaban J connectivity index is 2.02. The number of rotatable bonds is 4. The molecule has 0 unspecified atom stereocenters. The maximum absolute atomic E-state index is 12.2. The summed E-state index contributed by atoms with van der Waals surface area (Å²) in [6.07, 6.45) is 1.27. The Kier molecular flexibility index (Phi) is 6.52. The molecule has 1 N–H and O–H groups in total. The number of piperazine rings is 1. The number of nitrogens with zero attached hydrogens (tertiary/aromatic N) is 3. The van der Waals surface area contributed by atoms with Gasteiger partial charge in [-0.1, -0.05) is 30.3 Å². The van der Waals surface area contributed by atoms with Crippen LogP contribution in [0.3, 0.4) is 0 Å². The van der Waals surface area contributed by atoms with Gasteiger partial charge >= 0.3 is 0 Å². The van der Waals surface area contributed by atoms with Crippen molar-refractivity contribution < 1.29 is 14.4 Å². The largest absolute Gasteiger partial charge is 0.355 e. The van der Waals surface area contributed by atoms with Gasteiger partial charge in [0.1, 0.15) is 5.15 Å². The third-order valence-electron chi connectivity index (χ3n) is 5.12. The number of amides is 3. The Morgan fingerprint density at radius 2 is 2.00 bits per heavy atom. The standard InChI is InChI=1S/C22H23ClN4O3/c1-4-21(29)26-8-9-27(14(2)28)19(13-26)17-11-18(25-20(23)12-17)15-6-5-7-16(10-15)22(30)24-3/h4-7,10-12,19H,1,8-9,13H2,2-3H3,(H,24,30)/t19-/m1/s1. The predicted molar refractivity (Wildman–Crippen MR) is 115 cm³/mol. The molecule has 2 heterocycles. The van der Waals surface area contributed by atoms with Gasteiger partial charge in [-0.2, -0.15) is 0 Å². The molecular weight excluding hydrogens is 404 g/mol. The number of aromatic nitrogens is 1. The van der Waals surface area contributed by atoms with Crippen LogP contribution in [0.4, 0.5) is 0 Å². The Labute approximate surface area is 180 Å². The topological polar surface area (TPSA) is 82.6 Å². The smallest absolute Gasteiger partial charge is 0.251 e. The van der Waals surface area contributed by atoms with E-state index in [9.17, 15) is 14.4 Å². The molecule has 1 aromatic carbocycles. The first-order chi connectivity index (χ1) is 14.3. The van der Waals surface area contributed by atoms with E-state index in [1.54, 1.807) is 41.1 Å². The molecule has 1 saturated heterocycles. The molecule has 1 aromatic heterocycles. The summed E-state index contributed by atoms with van der Waals surface area (Å²) >= 11 is 6.31. The van der Waals surface area contributed by atoms with E-state index >= 15 is 0 Å². The number of pyridine rings is 1. The molecule has 0 spiro atoms. The quantitative estimate of drug-likeness (QED) is 0.602. The molecule has 3 rings (SSSR count). The maximum atomic E-state index is 12.2. The van der Waals surface area contributed by atoms with Gasteiger partial charge in [-0.3, -0.25) is 14.4 Å². The van der Waals surface area contributed by atoms with Gasteiger partial charge in [0.15, 0.2) is 0 Å². The molecule has 1 aliphatic heterocycles. The minimum atomic E-state index is -0.360. The summed E-state index contributed by atoms with van der Waals surface area (Å²) in [4.78, 5) is 44.1. The second-order valence-electron chi connectivity index (χ2n) is 6.98. The van der Waals surface area contributed by atoms with Crippen molar-refractivity contribution in [3.05, 3.63) is 65.3 Å². The Hall–Kier alpha value is -3.19. The van der Waals surface area contributed by atoms with Crippen LogP contribution in [0.1, 0.15) is 28.9 Å². The molecule has 1 aliphatic rings. The van der Waals surface area contributed by atoms with Gasteiger partial charge < -0.3 is 15.1 Å². The SMILES string of the molecule is C=CC(=O)N1CCN(C(C)=O)[C@@H](c2cc(Cl)nc(-c3cccc(C(=O)NC)c3)c2)C1. The van der Waals surface area contributed by atoms with Crippen molar-refractivity contribution in [3.63, 3.8) is 0 Å². The van der Waals surface area contributed by atoms with Gasteiger partial charge in [0.2, 0.25) is 11.8 Å². The molecule has 2 aromatic rings. The molecule has 0 aliphatic carbocycles. The average molecular weight is 427 g/mol. The van der Waals surface area contributed by atoms with Crippen LogP contribution in [-0.4, -0.2) is 59.2 Å². The summed E-state index contributed by atoms with van der Waals surface area (Å²) in [6.45, 7) is 6.26. The van der Waals surface area contributed by atoms with Crippen LogP contribution in [-0.2, 0) is 9.59 Å². The van der Waals surface area contributed by atoms with E-state index in [1.165, 1.54) is 13.0 Å². The van der Waals surface area contributed by atoms with E-state index < -0.39 is 0 Å². The second-order valence-corrected chi connectivity index (χ2v) is 7.37. The van der Waals surface area contributed by atoms with Gasteiger partial charge in [0, 0.05) is 44.7 Å². The van der Waals surface area contributed by atoms with Crippen LogP contribution >= 0.6 is 11.6 Å². The lowest BCUT2D eigenvalue weighted by Gasteiger charge is -2.41. The zero-order valence-corrected chi connectivity index (χ0v) is 17.6. The minimum absolute atomic E-state index is 0.0817. The molecule has 0 saturated carbocycles. The summed E-state index contributed by atoms with van der Waals surface area (Å²) in [5, 5.41) is 2.87. The fourth-order valence-electron chi connectivity index (χ4n) is 3.60. The predicted octanol–water partition coefficient (Wildman–Crippen LogP) is 2.68. The third-order valence-corrected chi connectivity index (χ3v) is 5.31. The first-order valence-corrected chi connectivity index (χ1v) is 9.90. The monoisotopic (exact) mass is 426 g/mol. The first-order valence-electron chi connectivity index (χ1n) is 9.52. The van der Waals surface area contributed by atoms with Crippen LogP contribution < -0.4 is 5.32 Å². The number of nitrogens with one attached hydrogen (secondary N) is 1. The van der Waals surface area contributed by atoms with Crippen LogP contribution in [0.2, 0.25) is 5.15 Å². The number of benzene rings is 1. The van der Waals surface area contributed by atoms with Crippen molar-refractivity contribution in [2.45, 2.75) is 13.0 Å². The minimum Gasteiger partial charge on any atom is -0.355 e. The third kappa shape index (κ3) is 4.52. The van der Waals surface area contributed by atoms with E-state index in [-0.39, 0.29) is 28.9 Å². The van der Waals surface area contributed by atoms with Crippen LogP contribution in [0.5, 0.6) is 0 Å². The highest BCUT2D eigenvalue weighted by Crippen LogP contribution is 2.31. The Bertz CT molecular complexity index is 1010. The molecule has 8 heteroatoms. The number of hydrogen-bond acceptors (Lipinski definition) is 4. The zero-order valence-electron chi connectivity index (χ0n) is 16.9. The second kappa shape index (κ2) is 9.09. The number of carbonyl (C=O) groups excluding carboxylic acids is 3. The van der Waals surface area contributed by atoms with Crippen molar-refractivity contribution in [1.29, 1.82) is 0 Å². The van der Waals surface area contributed by atoms with Crippen LogP contribution in [0.25, 0.3) is 11.3 Å². The van der Waals surface area contributed by atoms with Gasteiger partial charge in [0.05, 0.1) is 11.7 Å². The number of hydrogen-bond donors (Lipinski definition) is 1. The summed E-state index contributed by atoms with van der Waals surface area (Å²) in [5.74, 6) is -0.462. The van der Waals surface area contributed by atoms with Crippen molar-refractivity contribution in [2.75, 3.05) is 26.7 Å². The molecule has 0 bridgehead atoms. The van der Waals surface area contributed by atoms with Gasteiger partial charge in [-0.15, -0.1) is 0 Å². The summed E-state index contributed by atoms with van der Waals surface area (Å²) in [5.41, 5.74) is 2.58. The number of halogens is 1. The molecule has 1 fully saturated rings. The summed E-state index contributed by atoms with van der Waals surface area (Å²) < 4.78 is 0. The molecular formula is C22H23ClN4O3. The highest BCUT2D eigenvalue weighted by Gasteiger charge is 2.32. The highest BCUT2D eigenvalue weighted by atomic mass is 35.5. The Morgan fingerprint density at radius 3 is 2.67 bits per heavy atom. The summed E-state index contributed by atoms with van der Waals surface area (Å²) in [6, 6.07) is 10.2. The first kappa shape index (κ1) is 21.5. The molecule has 7 nitrogen and oxygen atoms in total. The maximum Gasteiger partial charge on any atom is 0.251 e. The zero-order chi connectivity index (χ0) is 21.8. The van der Waals surface area contributed by atoms with Crippen LogP contribution in [0.15, 0.2) is 49.1 Å². The lowest BCUT2D eigenvalue weighted by atomic mass is 9.99. The van der Waals surface area contributed by atoms with Crippen molar-refractivity contribution in [2.24, 2.45) is 0 Å². The molecule has 0 radical (unpaired) electrons. The Morgan fingerprint density at radius 1 is 1.23 bits per heavy atom. The van der Waals surface area contributed by atoms with E-state index in [4.69, 9.17) is 11.6 Å². The number of carbonyl (C=O) groups is 3. The van der Waals surface area contributed by atoms with Crippen molar-refractivity contribution >= 4 is 29.3 Å². The van der Waals surface area contributed by atoms with Gasteiger partial charge in [-0.25, -0.2) is 4.98 Å². The van der Waals surface area contributed by atoms with E-state index in [0.29, 0.717) is 30.9 Å². The molecule has 1 atom stereocenters. The van der Waals surface area contributed by atoms with Gasteiger partial charge in [0.25, 0.3) is 5.91 Å². The fourth-order valence-corrected chi connectivity index (χ4v) is 3.81. The average Bonchev–Trinajstić information content (AvgIpc) is 2.77.